The van der Waals surface area contributed by atoms with Crippen LogP contribution in [-0.4, -0.2) is 34.3 Å². The summed E-state index contributed by atoms with van der Waals surface area (Å²) in [5, 5.41) is 11.1. The molecule has 3 heteroatoms. The van der Waals surface area contributed by atoms with Crippen molar-refractivity contribution >= 4 is 10.9 Å². The number of hydrogen-bond donors (Lipinski definition) is 1. The Morgan fingerprint density at radius 2 is 1.90 bits per heavy atom. The molecule has 1 N–H and O–H groups in total. The minimum Gasteiger partial charge on any atom is -0.394 e. The summed E-state index contributed by atoms with van der Waals surface area (Å²) in [6.07, 6.45) is 0. The van der Waals surface area contributed by atoms with Crippen LogP contribution in [0.1, 0.15) is 38.1 Å². The summed E-state index contributed by atoms with van der Waals surface area (Å²) in [4.78, 5) is 2.31. The SMILES string of the molecule is CCN(CC)C(CO)c1cccc2c1cc(C)n2CC. The van der Waals surface area contributed by atoms with Crippen LogP contribution < -0.4 is 0 Å². The first-order valence-electron chi connectivity index (χ1n) is 7.61. The predicted molar refractivity (Wildman–Crippen MR) is 85.1 cm³/mol. The second-order valence-electron chi connectivity index (χ2n) is 5.23. The van der Waals surface area contributed by atoms with Crippen LogP contribution in [0.15, 0.2) is 24.3 Å². The Labute approximate surface area is 121 Å². The van der Waals surface area contributed by atoms with Crippen molar-refractivity contribution in [2.24, 2.45) is 0 Å². The van der Waals surface area contributed by atoms with Gasteiger partial charge in [0.25, 0.3) is 0 Å². The molecular weight excluding hydrogens is 248 g/mol. The van der Waals surface area contributed by atoms with Gasteiger partial charge in [0.15, 0.2) is 0 Å². The first-order chi connectivity index (χ1) is 9.67. The first kappa shape index (κ1) is 15.1. The quantitative estimate of drug-likeness (QED) is 0.875. The molecule has 1 heterocycles. The van der Waals surface area contributed by atoms with E-state index in [4.69, 9.17) is 0 Å². The second-order valence-corrected chi connectivity index (χ2v) is 5.23. The van der Waals surface area contributed by atoms with E-state index in [1.54, 1.807) is 0 Å². The van der Waals surface area contributed by atoms with Gasteiger partial charge in [0.05, 0.1) is 12.6 Å². The van der Waals surface area contributed by atoms with Crippen LogP contribution in [0.25, 0.3) is 10.9 Å². The molecule has 1 atom stereocenters. The lowest BCUT2D eigenvalue weighted by Crippen LogP contribution is -2.30. The molecule has 2 aromatic rings. The molecule has 0 spiro atoms. The maximum atomic E-state index is 9.86. The average molecular weight is 274 g/mol. The number of nitrogens with zero attached hydrogens (tertiary/aromatic N) is 2. The van der Waals surface area contributed by atoms with Gasteiger partial charge in [0, 0.05) is 23.1 Å². The van der Waals surface area contributed by atoms with E-state index in [9.17, 15) is 5.11 Å². The van der Waals surface area contributed by atoms with E-state index in [1.165, 1.54) is 22.2 Å². The van der Waals surface area contributed by atoms with Crippen LogP contribution in [0.4, 0.5) is 0 Å². The third-order valence-corrected chi connectivity index (χ3v) is 4.29. The van der Waals surface area contributed by atoms with Gasteiger partial charge in [-0.25, -0.2) is 0 Å². The minimum absolute atomic E-state index is 0.0841. The Kier molecular flexibility index (Phi) is 4.84. The van der Waals surface area contributed by atoms with Gasteiger partial charge in [0.1, 0.15) is 0 Å². The van der Waals surface area contributed by atoms with Crippen molar-refractivity contribution in [3.05, 3.63) is 35.5 Å². The van der Waals surface area contributed by atoms with Crippen molar-refractivity contribution in [1.29, 1.82) is 0 Å². The lowest BCUT2D eigenvalue weighted by Gasteiger charge is -2.29. The molecule has 0 aliphatic rings. The maximum Gasteiger partial charge on any atom is 0.0628 e. The highest BCUT2D eigenvalue weighted by atomic mass is 16.3. The number of rotatable bonds is 6. The number of aromatic nitrogens is 1. The second kappa shape index (κ2) is 6.42. The van der Waals surface area contributed by atoms with Gasteiger partial charge in [-0.2, -0.15) is 0 Å². The number of aliphatic hydroxyl groups is 1. The fourth-order valence-corrected chi connectivity index (χ4v) is 3.23. The van der Waals surface area contributed by atoms with E-state index < -0.39 is 0 Å². The molecule has 0 aliphatic heterocycles. The molecule has 0 amide bonds. The molecule has 0 aliphatic carbocycles. The van der Waals surface area contributed by atoms with Gasteiger partial charge >= 0.3 is 0 Å². The molecule has 0 radical (unpaired) electrons. The van der Waals surface area contributed by atoms with E-state index in [0.29, 0.717) is 0 Å². The summed E-state index contributed by atoms with van der Waals surface area (Å²) in [7, 11) is 0. The predicted octanol–water partition coefficient (Wildman–Crippen LogP) is 3.34. The minimum atomic E-state index is 0.0841. The van der Waals surface area contributed by atoms with Gasteiger partial charge in [-0.3, -0.25) is 4.90 Å². The molecule has 0 fully saturated rings. The molecule has 0 saturated heterocycles. The summed E-state index contributed by atoms with van der Waals surface area (Å²) < 4.78 is 2.33. The van der Waals surface area contributed by atoms with Crippen molar-refractivity contribution in [3.8, 4) is 0 Å². The van der Waals surface area contributed by atoms with Crippen LogP contribution in [-0.2, 0) is 6.54 Å². The zero-order valence-electron chi connectivity index (χ0n) is 13.1. The Morgan fingerprint density at radius 1 is 1.20 bits per heavy atom. The number of hydrogen-bond acceptors (Lipinski definition) is 2. The maximum absolute atomic E-state index is 9.86. The van der Waals surface area contributed by atoms with Crippen molar-refractivity contribution < 1.29 is 5.11 Å². The molecule has 110 valence electrons. The van der Waals surface area contributed by atoms with Crippen LogP contribution in [0.3, 0.4) is 0 Å². The van der Waals surface area contributed by atoms with Crippen molar-refractivity contribution in [2.75, 3.05) is 19.7 Å². The zero-order chi connectivity index (χ0) is 14.7. The number of fused-ring (bicyclic) bond motifs is 1. The normalized spacial score (nSPS) is 13.3. The third kappa shape index (κ3) is 2.48. The lowest BCUT2D eigenvalue weighted by molar-refractivity contribution is 0.135. The smallest absolute Gasteiger partial charge is 0.0628 e. The van der Waals surface area contributed by atoms with Crippen LogP contribution >= 0.6 is 0 Å². The molecule has 2 rings (SSSR count). The Balaban J connectivity index is 2.58. The van der Waals surface area contributed by atoms with Gasteiger partial charge in [-0.05, 0) is 44.6 Å². The van der Waals surface area contributed by atoms with E-state index >= 15 is 0 Å². The number of aliphatic hydroxyl groups excluding tert-OH is 1. The molecule has 20 heavy (non-hydrogen) atoms. The van der Waals surface area contributed by atoms with Crippen molar-refractivity contribution in [2.45, 2.75) is 40.3 Å². The molecule has 0 bridgehead atoms. The van der Waals surface area contributed by atoms with Gasteiger partial charge < -0.3 is 9.67 Å². The average Bonchev–Trinajstić information content (AvgIpc) is 2.80. The highest BCUT2D eigenvalue weighted by Crippen LogP contribution is 2.30. The van der Waals surface area contributed by atoms with Crippen LogP contribution in [0.5, 0.6) is 0 Å². The molecule has 1 aromatic carbocycles. The fraction of sp³-hybridized carbons (Fsp3) is 0.529. The van der Waals surface area contributed by atoms with E-state index in [1.807, 2.05) is 0 Å². The van der Waals surface area contributed by atoms with Gasteiger partial charge in [-0.1, -0.05) is 26.0 Å². The van der Waals surface area contributed by atoms with Crippen molar-refractivity contribution in [3.63, 3.8) is 0 Å². The molecule has 1 aromatic heterocycles. The number of benzene rings is 1. The molecular formula is C17H26N2O. The van der Waals surface area contributed by atoms with E-state index in [0.717, 1.165) is 19.6 Å². The van der Waals surface area contributed by atoms with E-state index in [2.05, 4.69) is 61.4 Å². The van der Waals surface area contributed by atoms with Crippen molar-refractivity contribution in [1.82, 2.24) is 9.47 Å². The zero-order valence-corrected chi connectivity index (χ0v) is 13.1. The highest BCUT2D eigenvalue weighted by Gasteiger charge is 2.20. The summed E-state index contributed by atoms with van der Waals surface area (Å²) in [6.45, 7) is 11.7. The van der Waals surface area contributed by atoms with Gasteiger partial charge in [0.2, 0.25) is 0 Å². The standard InChI is InChI=1S/C17H26N2O/c1-5-18(6-2)17(12-20)14-9-8-10-16-15(14)11-13(4)19(16)7-3/h8-11,17,20H,5-7,12H2,1-4H3. The summed E-state index contributed by atoms with van der Waals surface area (Å²) in [5.41, 5.74) is 3.79. The number of aryl methyl sites for hydroxylation is 2. The Morgan fingerprint density at radius 3 is 2.45 bits per heavy atom. The molecule has 3 nitrogen and oxygen atoms in total. The fourth-order valence-electron chi connectivity index (χ4n) is 3.23. The topological polar surface area (TPSA) is 28.4 Å². The van der Waals surface area contributed by atoms with Gasteiger partial charge in [-0.15, -0.1) is 0 Å². The first-order valence-corrected chi connectivity index (χ1v) is 7.61. The number of likely N-dealkylation sites (N-methyl/N-ethyl adjacent to an activating group) is 1. The summed E-state index contributed by atoms with van der Waals surface area (Å²) in [6, 6.07) is 8.77. The largest absolute Gasteiger partial charge is 0.394 e. The lowest BCUT2D eigenvalue weighted by atomic mass is 10.0. The summed E-state index contributed by atoms with van der Waals surface area (Å²) in [5.74, 6) is 0. The molecule has 0 saturated carbocycles. The van der Waals surface area contributed by atoms with Crippen LogP contribution in [0, 0.1) is 6.92 Å². The highest BCUT2D eigenvalue weighted by molar-refractivity contribution is 5.85. The third-order valence-electron chi connectivity index (χ3n) is 4.29. The van der Waals surface area contributed by atoms with E-state index in [-0.39, 0.29) is 12.6 Å². The monoisotopic (exact) mass is 274 g/mol. The molecule has 1 unspecified atom stereocenters. The Bertz CT molecular complexity index is 570. The van der Waals surface area contributed by atoms with Crippen LogP contribution in [0.2, 0.25) is 0 Å². The summed E-state index contributed by atoms with van der Waals surface area (Å²) >= 11 is 0. The Hall–Kier alpha value is -1.32.